The zero-order chi connectivity index (χ0) is 14.8. The highest BCUT2D eigenvalue weighted by Gasteiger charge is 2.24. The molecule has 0 saturated heterocycles. The van der Waals surface area contributed by atoms with E-state index in [2.05, 4.69) is 66.9 Å². The van der Waals surface area contributed by atoms with Gasteiger partial charge in [0.1, 0.15) is 0 Å². The molecular weight excluding hydrogens is 248 g/mol. The Bertz CT molecular complexity index is 430. The van der Waals surface area contributed by atoms with Crippen LogP contribution in [0.1, 0.15) is 71.6 Å². The summed E-state index contributed by atoms with van der Waals surface area (Å²) < 4.78 is 0. The molecule has 0 bridgehead atoms. The van der Waals surface area contributed by atoms with Gasteiger partial charge in [-0.05, 0) is 46.3 Å². The maximum Gasteiger partial charge on any atom is 0.0112 e. The molecule has 1 heteroatoms. The lowest BCUT2D eigenvalue weighted by molar-refractivity contribution is 0.556. The summed E-state index contributed by atoms with van der Waals surface area (Å²) >= 11 is 1.89. The molecule has 0 unspecified atom stereocenters. The summed E-state index contributed by atoms with van der Waals surface area (Å²) in [4.78, 5) is 1.46. The molecule has 0 amide bonds. The van der Waals surface area contributed by atoms with Crippen molar-refractivity contribution < 1.29 is 0 Å². The summed E-state index contributed by atoms with van der Waals surface area (Å²) in [5, 5.41) is 0. The summed E-state index contributed by atoms with van der Waals surface area (Å²) in [5.41, 5.74) is 5.01. The van der Waals surface area contributed by atoms with E-state index >= 15 is 0 Å². The maximum absolute atomic E-state index is 2.45. The van der Waals surface area contributed by atoms with E-state index in [9.17, 15) is 0 Å². The van der Waals surface area contributed by atoms with Crippen molar-refractivity contribution in [2.24, 2.45) is 0 Å². The van der Waals surface area contributed by atoms with E-state index in [4.69, 9.17) is 0 Å². The van der Waals surface area contributed by atoms with Gasteiger partial charge in [0.25, 0.3) is 0 Å². The molecule has 0 heterocycles. The molecule has 1 aromatic carbocycles. The number of rotatable bonds is 3. The van der Waals surface area contributed by atoms with Gasteiger partial charge in [0.05, 0.1) is 0 Å². The molecule has 0 aliphatic heterocycles. The van der Waals surface area contributed by atoms with Crippen molar-refractivity contribution >= 4 is 11.8 Å². The van der Waals surface area contributed by atoms with Gasteiger partial charge in [-0.2, -0.15) is 0 Å². The average molecular weight is 279 g/mol. The Morgan fingerprint density at radius 3 is 1.89 bits per heavy atom. The Kier molecular flexibility index (Phi) is 5.17. The zero-order valence-corrected chi connectivity index (χ0v) is 14.8. The lowest BCUT2D eigenvalue weighted by Gasteiger charge is -2.29. The van der Waals surface area contributed by atoms with Crippen LogP contribution in [0.2, 0.25) is 0 Å². The highest BCUT2D eigenvalue weighted by molar-refractivity contribution is 7.98. The van der Waals surface area contributed by atoms with Gasteiger partial charge in [-0.25, -0.2) is 0 Å². The Labute approximate surface area is 124 Å². The Balaban J connectivity index is 3.54. The topological polar surface area (TPSA) is 0 Å². The van der Waals surface area contributed by atoms with Crippen molar-refractivity contribution in [1.29, 1.82) is 0 Å². The molecule has 0 nitrogen and oxygen atoms in total. The fourth-order valence-electron chi connectivity index (χ4n) is 2.58. The van der Waals surface area contributed by atoms with Gasteiger partial charge in [-0.1, -0.05) is 61.0 Å². The van der Waals surface area contributed by atoms with E-state index < -0.39 is 0 Å². The fourth-order valence-corrected chi connectivity index (χ4v) is 3.47. The summed E-state index contributed by atoms with van der Waals surface area (Å²) in [6, 6.07) is 4.86. The number of hydrogen-bond donors (Lipinski definition) is 0. The van der Waals surface area contributed by atoms with E-state index in [0.717, 1.165) is 0 Å². The van der Waals surface area contributed by atoms with Crippen LogP contribution in [-0.4, -0.2) is 6.26 Å². The predicted octanol–water partition coefficient (Wildman–Crippen LogP) is 5.96. The third-order valence-electron chi connectivity index (χ3n) is 3.54. The first-order valence-electron chi connectivity index (χ1n) is 7.33. The number of thioether (sulfide) groups is 1. The van der Waals surface area contributed by atoms with Crippen molar-refractivity contribution in [3.8, 4) is 0 Å². The second kappa shape index (κ2) is 5.91. The highest BCUT2D eigenvalue weighted by Crippen LogP contribution is 2.38. The minimum Gasteiger partial charge on any atom is -0.129 e. The Hall–Kier alpha value is -0.430. The van der Waals surface area contributed by atoms with Crippen LogP contribution in [0.5, 0.6) is 0 Å². The molecule has 0 saturated carbocycles. The van der Waals surface area contributed by atoms with Gasteiger partial charge >= 0.3 is 0 Å². The van der Waals surface area contributed by atoms with Crippen LogP contribution in [0.3, 0.4) is 0 Å². The lowest BCUT2D eigenvalue weighted by atomic mass is 9.78. The van der Waals surface area contributed by atoms with Crippen LogP contribution in [0.15, 0.2) is 17.0 Å². The first-order chi connectivity index (χ1) is 8.61. The van der Waals surface area contributed by atoms with E-state index in [1.54, 1.807) is 11.1 Å². The van der Waals surface area contributed by atoms with Gasteiger partial charge in [-0.15, -0.1) is 11.8 Å². The van der Waals surface area contributed by atoms with Crippen molar-refractivity contribution in [3.63, 3.8) is 0 Å². The largest absolute Gasteiger partial charge is 0.129 e. The monoisotopic (exact) mass is 278 g/mol. The normalized spacial score (nSPS) is 12.8. The second-order valence-electron chi connectivity index (χ2n) is 7.46. The van der Waals surface area contributed by atoms with Crippen molar-refractivity contribution in [1.82, 2.24) is 0 Å². The molecule has 1 rings (SSSR count). The van der Waals surface area contributed by atoms with Crippen LogP contribution >= 0.6 is 11.8 Å². The molecule has 1 aromatic rings. The van der Waals surface area contributed by atoms with Crippen molar-refractivity contribution in [2.75, 3.05) is 6.26 Å². The highest BCUT2D eigenvalue weighted by atomic mass is 32.2. The Morgan fingerprint density at radius 1 is 0.947 bits per heavy atom. The number of aryl methyl sites for hydroxylation is 1. The molecule has 0 aliphatic rings. The molecule has 0 N–H and O–H groups in total. The van der Waals surface area contributed by atoms with Gasteiger partial charge < -0.3 is 0 Å². The molecule has 0 aromatic heterocycles. The molecule has 0 fully saturated rings. The average Bonchev–Trinajstić information content (AvgIpc) is 2.25. The molecule has 0 atom stereocenters. The predicted molar refractivity (Wildman–Crippen MR) is 89.6 cm³/mol. The quantitative estimate of drug-likeness (QED) is 0.615. The molecule has 108 valence electrons. The first kappa shape index (κ1) is 16.6. The summed E-state index contributed by atoms with van der Waals surface area (Å²) in [6.45, 7) is 16.2. The van der Waals surface area contributed by atoms with Crippen LogP contribution in [0.4, 0.5) is 0 Å². The van der Waals surface area contributed by atoms with Gasteiger partial charge in [0.15, 0.2) is 0 Å². The number of benzene rings is 1. The van der Waals surface area contributed by atoms with Crippen LogP contribution in [-0.2, 0) is 17.3 Å². The minimum absolute atomic E-state index is 0.221. The van der Waals surface area contributed by atoms with Crippen LogP contribution < -0.4 is 0 Å². The third kappa shape index (κ3) is 4.02. The molecule has 0 radical (unpaired) electrons. The van der Waals surface area contributed by atoms with Gasteiger partial charge in [-0.3, -0.25) is 0 Å². The smallest absolute Gasteiger partial charge is 0.0112 e. The first-order valence-corrected chi connectivity index (χ1v) is 8.55. The minimum atomic E-state index is 0.221. The Morgan fingerprint density at radius 2 is 1.53 bits per heavy atom. The lowest BCUT2D eigenvalue weighted by Crippen LogP contribution is -2.19. The van der Waals surface area contributed by atoms with E-state index in [-0.39, 0.29) is 10.8 Å². The molecule has 19 heavy (non-hydrogen) atoms. The standard InChI is InChI=1S/C18H30S/c1-9-10-13-11-14(17(2,3)4)12-15(19-8)16(13)18(5,6)7/h11-12H,9-10H2,1-8H3. The summed E-state index contributed by atoms with van der Waals surface area (Å²) in [7, 11) is 0. The van der Waals surface area contributed by atoms with Crippen molar-refractivity contribution in [3.05, 3.63) is 28.8 Å². The van der Waals surface area contributed by atoms with E-state index in [1.807, 2.05) is 11.8 Å². The van der Waals surface area contributed by atoms with Gasteiger partial charge in [0, 0.05) is 4.90 Å². The molecular formula is C18H30S. The number of hydrogen-bond acceptors (Lipinski definition) is 1. The fraction of sp³-hybridized carbons (Fsp3) is 0.667. The summed E-state index contributed by atoms with van der Waals surface area (Å²) in [5.74, 6) is 0. The van der Waals surface area contributed by atoms with Crippen LogP contribution in [0, 0.1) is 0 Å². The second-order valence-corrected chi connectivity index (χ2v) is 8.31. The third-order valence-corrected chi connectivity index (χ3v) is 4.30. The van der Waals surface area contributed by atoms with E-state index in [0.29, 0.717) is 0 Å². The zero-order valence-electron chi connectivity index (χ0n) is 14.0. The summed E-state index contributed by atoms with van der Waals surface area (Å²) in [6.07, 6.45) is 4.60. The van der Waals surface area contributed by atoms with Crippen molar-refractivity contribution in [2.45, 2.75) is 77.0 Å². The van der Waals surface area contributed by atoms with Gasteiger partial charge in [0.2, 0.25) is 0 Å². The maximum atomic E-state index is 2.45. The van der Waals surface area contributed by atoms with E-state index in [1.165, 1.54) is 23.3 Å². The SMILES string of the molecule is CCCc1cc(C(C)(C)C)cc(SC)c1C(C)(C)C. The molecule has 0 aliphatic carbocycles. The molecule has 0 spiro atoms. The van der Waals surface area contributed by atoms with Crippen LogP contribution in [0.25, 0.3) is 0 Å².